The van der Waals surface area contributed by atoms with Crippen molar-refractivity contribution in [3.63, 3.8) is 0 Å². The molecule has 0 fully saturated rings. The molecule has 0 N–H and O–H groups in total. The monoisotopic (exact) mass is 915 g/mol. The minimum atomic E-state index is 0.0372. The summed E-state index contributed by atoms with van der Waals surface area (Å²) in [5.74, 6) is 0.0372. The molecule has 65 heavy (non-hydrogen) atoms. The zero-order valence-corrected chi connectivity index (χ0v) is 45.7. The molecule has 0 saturated heterocycles. The van der Waals surface area contributed by atoms with Gasteiger partial charge < -0.3 is 4.74 Å². The van der Waals surface area contributed by atoms with Crippen molar-refractivity contribution >= 4 is 5.97 Å². The SMILES string of the molecule is CCCCCCCCCCCCCCCCCCCCCCCCCCCCCCCCCC(=O)OCCCCCCCCCCCCCCCCCCCCCCCCCCCCC. The van der Waals surface area contributed by atoms with Crippen LogP contribution in [0.3, 0.4) is 0 Å². The summed E-state index contributed by atoms with van der Waals surface area (Å²) >= 11 is 0. The molecule has 0 aliphatic heterocycles. The van der Waals surface area contributed by atoms with Crippen molar-refractivity contribution in [3.8, 4) is 0 Å². The van der Waals surface area contributed by atoms with Crippen molar-refractivity contribution in [1.29, 1.82) is 0 Å². The molecule has 0 unspecified atom stereocenters. The Hall–Kier alpha value is -0.530. The average Bonchev–Trinajstić information content (AvgIpc) is 3.31. The standard InChI is InChI=1S/C63H126O2/c1-3-5-7-9-11-13-15-17-19-21-23-25-27-29-31-32-33-34-35-37-39-41-43-45-47-49-51-53-55-57-59-61-63(64)65-62-60-58-56-54-52-50-48-46-44-42-40-38-36-30-28-26-24-22-20-18-16-14-12-10-8-6-4-2/h3-62H2,1-2H3. The van der Waals surface area contributed by atoms with Gasteiger partial charge >= 0.3 is 5.97 Å². The fourth-order valence-corrected chi connectivity index (χ4v) is 10.3. The van der Waals surface area contributed by atoms with Gasteiger partial charge in [-0.05, 0) is 12.8 Å². The normalized spacial score (nSPS) is 11.6. The van der Waals surface area contributed by atoms with Gasteiger partial charge in [0, 0.05) is 6.42 Å². The van der Waals surface area contributed by atoms with Crippen molar-refractivity contribution in [1.82, 2.24) is 0 Å². The smallest absolute Gasteiger partial charge is 0.305 e. The number of carbonyl (C=O) groups is 1. The minimum absolute atomic E-state index is 0.0372. The lowest BCUT2D eigenvalue weighted by Gasteiger charge is -2.06. The van der Waals surface area contributed by atoms with Crippen molar-refractivity contribution in [2.75, 3.05) is 6.61 Å². The number of unbranched alkanes of at least 4 members (excludes halogenated alkanes) is 56. The van der Waals surface area contributed by atoms with Crippen LogP contribution in [-0.2, 0) is 9.53 Å². The zero-order chi connectivity index (χ0) is 46.7. The van der Waals surface area contributed by atoms with Crippen LogP contribution in [-0.4, -0.2) is 12.6 Å². The predicted molar refractivity (Wildman–Crippen MR) is 295 cm³/mol. The molecule has 0 aliphatic rings. The molecule has 0 bridgehead atoms. The molecule has 2 nitrogen and oxygen atoms in total. The molecule has 0 amide bonds. The molecule has 0 heterocycles. The summed E-state index contributed by atoms with van der Waals surface area (Å²) in [7, 11) is 0. The van der Waals surface area contributed by atoms with Gasteiger partial charge in [0.1, 0.15) is 0 Å². The first kappa shape index (κ1) is 64.5. The van der Waals surface area contributed by atoms with Gasteiger partial charge in [0.15, 0.2) is 0 Å². The number of rotatable bonds is 60. The number of esters is 1. The van der Waals surface area contributed by atoms with E-state index in [4.69, 9.17) is 4.74 Å². The fraction of sp³-hybridized carbons (Fsp3) is 0.984. The number of ether oxygens (including phenoxy) is 1. The van der Waals surface area contributed by atoms with E-state index in [1.54, 1.807) is 0 Å². The summed E-state index contributed by atoms with van der Waals surface area (Å²) in [6, 6.07) is 0. The first-order valence-electron chi connectivity index (χ1n) is 31.5. The number of carbonyl (C=O) groups excluding carboxylic acids is 1. The molecule has 0 aromatic rings. The molecule has 0 aliphatic carbocycles. The minimum Gasteiger partial charge on any atom is -0.466 e. The maximum atomic E-state index is 12.1. The van der Waals surface area contributed by atoms with E-state index in [2.05, 4.69) is 13.8 Å². The van der Waals surface area contributed by atoms with Crippen LogP contribution >= 0.6 is 0 Å². The molecule has 0 radical (unpaired) electrons. The Morgan fingerprint density at radius 1 is 0.200 bits per heavy atom. The molecular weight excluding hydrogens is 789 g/mol. The summed E-state index contributed by atoms with van der Waals surface area (Å²) < 4.78 is 5.53. The van der Waals surface area contributed by atoms with E-state index in [1.165, 1.54) is 360 Å². The summed E-state index contributed by atoms with van der Waals surface area (Å²) in [5, 5.41) is 0. The molecule has 0 rings (SSSR count). The third-order valence-corrected chi connectivity index (χ3v) is 15.0. The third kappa shape index (κ3) is 61.5. The molecule has 0 aromatic carbocycles. The molecule has 390 valence electrons. The quantitative estimate of drug-likeness (QED) is 0.0449. The topological polar surface area (TPSA) is 26.3 Å². The van der Waals surface area contributed by atoms with Gasteiger partial charge in [0.2, 0.25) is 0 Å². The highest BCUT2D eigenvalue weighted by atomic mass is 16.5. The van der Waals surface area contributed by atoms with E-state index in [1.807, 2.05) is 0 Å². The third-order valence-electron chi connectivity index (χ3n) is 15.0. The molecular formula is C63H126O2. The van der Waals surface area contributed by atoms with Crippen LogP contribution in [0.4, 0.5) is 0 Å². The lowest BCUT2D eigenvalue weighted by molar-refractivity contribution is -0.143. The maximum absolute atomic E-state index is 12.1. The molecule has 0 aromatic heterocycles. The zero-order valence-electron chi connectivity index (χ0n) is 45.7. The van der Waals surface area contributed by atoms with Crippen LogP contribution < -0.4 is 0 Å². The second kappa shape index (κ2) is 61.5. The Kier molecular flexibility index (Phi) is 61.0. The summed E-state index contributed by atoms with van der Waals surface area (Å²) in [6.45, 7) is 5.25. The highest BCUT2D eigenvalue weighted by Gasteiger charge is 2.04. The lowest BCUT2D eigenvalue weighted by Crippen LogP contribution is -2.05. The first-order valence-corrected chi connectivity index (χ1v) is 31.5. The van der Waals surface area contributed by atoms with Crippen LogP contribution in [0.15, 0.2) is 0 Å². The number of hydrogen-bond donors (Lipinski definition) is 0. The molecule has 0 saturated carbocycles. The fourth-order valence-electron chi connectivity index (χ4n) is 10.3. The largest absolute Gasteiger partial charge is 0.466 e. The van der Waals surface area contributed by atoms with E-state index in [0.717, 1.165) is 12.8 Å². The van der Waals surface area contributed by atoms with Crippen LogP contribution in [0.5, 0.6) is 0 Å². The Morgan fingerprint density at radius 2 is 0.338 bits per heavy atom. The van der Waals surface area contributed by atoms with Crippen molar-refractivity contribution in [3.05, 3.63) is 0 Å². The molecule has 2 heteroatoms. The van der Waals surface area contributed by atoms with Crippen LogP contribution in [0.25, 0.3) is 0 Å². The Morgan fingerprint density at radius 3 is 0.508 bits per heavy atom. The van der Waals surface area contributed by atoms with Gasteiger partial charge in [-0.1, -0.05) is 373 Å². The van der Waals surface area contributed by atoms with Crippen LogP contribution in [0.1, 0.15) is 393 Å². The summed E-state index contributed by atoms with van der Waals surface area (Å²) in [6.07, 6.45) is 83.2. The van der Waals surface area contributed by atoms with Gasteiger partial charge in [0.05, 0.1) is 6.61 Å². The lowest BCUT2D eigenvalue weighted by atomic mass is 10.0. The molecule has 0 spiro atoms. The first-order chi connectivity index (χ1) is 32.3. The highest BCUT2D eigenvalue weighted by molar-refractivity contribution is 5.69. The summed E-state index contributed by atoms with van der Waals surface area (Å²) in [5.41, 5.74) is 0. The van der Waals surface area contributed by atoms with Gasteiger partial charge in [-0.2, -0.15) is 0 Å². The maximum Gasteiger partial charge on any atom is 0.305 e. The van der Waals surface area contributed by atoms with Gasteiger partial charge in [0.25, 0.3) is 0 Å². The second-order valence-electron chi connectivity index (χ2n) is 21.8. The van der Waals surface area contributed by atoms with Crippen molar-refractivity contribution < 1.29 is 9.53 Å². The van der Waals surface area contributed by atoms with E-state index in [0.29, 0.717) is 13.0 Å². The number of hydrogen-bond acceptors (Lipinski definition) is 2. The van der Waals surface area contributed by atoms with Crippen LogP contribution in [0.2, 0.25) is 0 Å². The summed E-state index contributed by atoms with van der Waals surface area (Å²) in [4.78, 5) is 12.1. The Bertz CT molecular complexity index is 822. The Balaban J connectivity index is 3.14. The van der Waals surface area contributed by atoms with E-state index in [-0.39, 0.29) is 5.97 Å². The van der Waals surface area contributed by atoms with E-state index < -0.39 is 0 Å². The second-order valence-corrected chi connectivity index (χ2v) is 21.8. The molecule has 0 atom stereocenters. The highest BCUT2D eigenvalue weighted by Crippen LogP contribution is 2.19. The van der Waals surface area contributed by atoms with Gasteiger partial charge in [-0.3, -0.25) is 4.79 Å². The van der Waals surface area contributed by atoms with Gasteiger partial charge in [-0.25, -0.2) is 0 Å². The van der Waals surface area contributed by atoms with Crippen molar-refractivity contribution in [2.24, 2.45) is 0 Å². The van der Waals surface area contributed by atoms with Crippen LogP contribution in [0, 0.1) is 0 Å². The average molecular weight is 916 g/mol. The van der Waals surface area contributed by atoms with Crippen molar-refractivity contribution in [2.45, 2.75) is 393 Å². The van der Waals surface area contributed by atoms with E-state index in [9.17, 15) is 4.79 Å². The van der Waals surface area contributed by atoms with Gasteiger partial charge in [-0.15, -0.1) is 0 Å². The van der Waals surface area contributed by atoms with E-state index >= 15 is 0 Å². The predicted octanol–water partition coefficient (Wildman–Crippen LogP) is 23.6. The Labute approximate surface area is 413 Å².